The number of hydrogen-bond acceptors (Lipinski definition) is 2. The fourth-order valence-corrected chi connectivity index (χ4v) is 2.46. The van der Waals surface area contributed by atoms with Crippen LogP contribution in [0.1, 0.15) is 69.2 Å². The summed E-state index contributed by atoms with van der Waals surface area (Å²) in [7, 11) is 0. The Morgan fingerprint density at radius 3 is 1.00 bits per heavy atom. The first kappa shape index (κ1) is 16.9. The molecule has 0 saturated carbocycles. The lowest BCUT2D eigenvalue weighted by molar-refractivity contribution is -0.0243. The van der Waals surface area contributed by atoms with Gasteiger partial charge < -0.3 is 0 Å². The molecule has 2 nitrogen and oxygen atoms in total. The Bertz CT molecular complexity index is 194. The van der Waals surface area contributed by atoms with Gasteiger partial charge >= 0.3 is 0 Å². The van der Waals surface area contributed by atoms with Crippen molar-refractivity contribution in [2.45, 2.75) is 92.4 Å². The van der Waals surface area contributed by atoms with Gasteiger partial charge in [-0.1, -0.05) is 0 Å². The van der Waals surface area contributed by atoms with Gasteiger partial charge in [-0.15, -0.1) is 0 Å². The molecule has 17 heavy (non-hydrogen) atoms. The average Bonchev–Trinajstić information content (AvgIpc) is 1.96. The molecule has 0 aliphatic rings. The summed E-state index contributed by atoms with van der Waals surface area (Å²) in [4.78, 5) is 5.14. The highest BCUT2D eigenvalue weighted by Gasteiger charge is 2.31. The maximum atomic E-state index is 2.57. The zero-order chi connectivity index (χ0) is 14.0. The van der Waals surface area contributed by atoms with E-state index in [4.69, 9.17) is 0 Å². The van der Waals surface area contributed by atoms with Crippen LogP contribution in [-0.4, -0.2) is 39.6 Å². The van der Waals surface area contributed by atoms with Gasteiger partial charge in [-0.3, -0.25) is 9.80 Å². The van der Waals surface area contributed by atoms with Crippen molar-refractivity contribution in [2.24, 2.45) is 0 Å². The Hall–Kier alpha value is -0.0800. The molecule has 0 radical (unpaired) electrons. The second-order valence-corrected chi connectivity index (χ2v) is 7.61. The summed E-state index contributed by atoms with van der Waals surface area (Å²) in [5.74, 6) is 0. The minimum atomic E-state index is 0.215. The molecule has 0 aliphatic carbocycles. The van der Waals surface area contributed by atoms with Crippen molar-refractivity contribution in [1.29, 1.82) is 0 Å². The molecule has 0 aromatic rings. The van der Waals surface area contributed by atoms with E-state index in [1.54, 1.807) is 0 Å². The summed E-state index contributed by atoms with van der Waals surface area (Å²) in [6, 6.07) is 1.14. The Labute approximate surface area is 109 Å². The lowest BCUT2D eigenvalue weighted by Crippen LogP contribution is -2.57. The van der Waals surface area contributed by atoms with Crippen molar-refractivity contribution in [3.63, 3.8) is 0 Å². The van der Waals surface area contributed by atoms with E-state index >= 15 is 0 Å². The zero-order valence-corrected chi connectivity index (χ0v) is 13.8. The largest absolute Gasteiger partial charge is 0.283 e. The molecule has 0 amide bonds. The molecule has 0 unspecified atom stereocenters. The van der Waals surface area contributed by atoms with E-state index < -0.39 is 0 Å². The molecule has 0 aromatic heterocycles. The molecule has 104 valence electrons. The van der Waals surface area contributed by atoms with Gasteiger partial charge in [0.05, 0.1) is 6.67 Å². The minimum absolute atomic E-state index is 0.215. The van der Waals surface area contributed by atoms with Gasteiger partial charge in [0.1, 0.15) is 0 Å². The van der Waals surface area contributed by atoms with Gasteiger partial charge in [0, 0.05) is 23.2 Å². The highest BCUT2D eigenvalue weighted by atomic mass is 15.4. The summed E-state index contributed by atoms with van der Waals surface area (Å²) < 4.78 is 0. The van der Waals surface area contributed by atoms with Crippen LogP contribution in [0.5, 0.6) is 0 Å². The normalized spacial score (nSPS) is 14.5. The van der Waals surface area contributed by atoms with Gasteiger partial charge in [0.25, 0.3) is 0 Å². The standard InChI is InChI=1S/C15H34N2/c1-12(2)16(14(5,6)7)11-17(13(3)4)15(8,9)10/h12-13H,11H2,1-10H3. The molecular weight excluding hydrogens is 208 g/mol. The molecule has 0 N–H and O–H groups in total. The van der Waals surface area contributed by atoms with Gasteiger partial charge in [0.2, 0.25) is 0 Å². The van der Waals surface area contributed by atoms with E-state index in [2.05, 4.69) is 79.0 Å². The Balaban J connectivity index is 4.96. The van der Waals surface area contributed by atoms with E-state index in [9.17, 15) is 0 Å². The summed E-state index contributed by atoms with van der Waals surface area (Å²) in [5.41, 5.74) is 0.430. The predicted octanol–water partition coefficient (Wildman–Crippen LogP) is 3.96. The highest BCUT2D eigenvalue weighted by molar-refractivity contribution is 4.84. The van der Waals surface area contributed by atoms with Crippen LogP contribution in [0.4, 0.5) is 0 Å². The lowest BCUT2D eigenvalue weighted by Gasteiger charge is -2.47. The fraction of sp³-hybridized carbons (Fsp3) is 1.00. The third-order valence-electron chi connectivity index (χ3n) is 3.27. The maximum absolute atomic E-state index is 2.57. The Kier molecular flexibility index (Phi) is 5.68. The van der Waals surface area contributed by atoms with Crippen LogP contribution in [-0.2, 0) is 0 Å². The minimum Gasteiger partial charge on any atom is -0.283 e. The first-order valence-electron chi connectivity index (χ1n) is 6.91. The Morgan fingerprint density at radius 2 is 0.882 bits per heavy atom. The SMILES string of the molecule is CC(C)N(CN(C(C)C)C(C)(C)C)C(C)(C)C. The van der Waals surface area contributed by atoms with Gasteiger partial charge in [-0.25, -0.2) is 0 Å². The Morgan fingerprint density at radius 1 is 0.647 bits per heavy atom. The molecular formula is C15H34N2. The average molecular weight is 242 g/mol. The molecule has 0 aliphatic heterocycles. The summed E-state index contributed by atoms with van der Waals surface area (Å²) in [6.45, 7) is 24.0. The summed E-state index contributed by atoms with van der Waals surface area (Å²) in [6.07, 6.45) is 0. The molecule has 0 rings (SSSR count). The van der Waals surface area contributed by atoms with E-state index in [-0.39, 0.29) is 11.1 Å². The second-order valence-electron chi connectivity index (χ2n) is 7.61. The summed E-state index contributed by atoms with van der Waals surface area (Å²) in [5, 5.41) is 0. The third kappa shape index (κ3) is 5.39. The van der Waals surface area contributed by atoms with Crippen LogP contribution in [0, 0.1) is 0 Å². The molecule has 2 heteroatoms. The van der Waals surface area contributed by atoms with E-state index in [0.29, 0.717) is 12.1 Å². The molecule has 0 bridgehead atoms. The van der Waals surface area contributed by atoms with Crippen LogP contribution in [0.2, 0.25) is 0 Å². The first-order chi connectivity index (χ1) is 7.37. The van der Waals surface area contributed by atoms with Gasteiger partial charge in [-0.05, 0) is 69.2 Å². The van der Waals surface area contributed by atoms with Gasteiger partial charge in [-0.2, -0.15) is 0 Å². The van der Waals surface area contributed by atoms with Crippen LogP contribution >= 0.6 is 0 Å². The highest BCUT2D eigenvalue weighted by Crippen LogP contribution is 2.23. The van der Waals surface area contributed by atoms with E-state index in [1.807, 2.05) is 0 Å². The van der Waals surface area contributed by atoms with Crippen molar-refractivity contribution in [3.8, 4) is 0 Å². The monoisotopic (exact) mass is 242 g/mol. The molecule has 0 aromatic carbocycles. The van der Waals surface area contributed by atoms with Crippen molar-refractivity contribution in [3.05, 3.63) is 0 Å². The smallest absolute Gasteiger partial charge is 0.0520 e. The first-order valence-corrected chi connectivity index (χ1v) is 6.91. The molecule has 0 saturated heterocycles. The second kappa shape index (κ2) is 5.71. The van der Waals surface area contributed by atoms with Crippen LogP contribution in [0.3, 0.4) is 0 Å². The topological polar surface area (TPSA) is 6.48 Å². The third-order valence-corrected chi connectivity index (χ3v) is 3.27. The molecule has 0 heterocycles. The number of rotatable bonds is 4. The van der Waals surface area contributed by atoms with E-state index in [0.717, 1.165) is 6.67 Å². The fourth-order valence-electron chi connectivity index (χ4n) is 2.46. The van der Waals surface area contributed by atoms with Crippen LogP contribution in [0.15, 0.2) is 0 Å². The summed E-state index contributed by atoms with van der Waals surface area (Å²) >= 11 is 0. The van der Waals surface area contributed by atoms with Crippen molar-refractivity contribution >= 4 is 0 Å². The van der Waals surface area contributed by atoms with Crippen LogP contribution in [0.25, 0.3) is 0 Å². The molecule has 0 fully saturated rings. The number of hydrogen-bond donors (Lipinski definition) is 0. The lowest BCUT2D eigenvalue weighted by atomic mass is 10.0. The molecule has 0 atom stereocenters. The molecule has 0 spiro atoms. The van der Waals surface area contributed by atoms with Crippen molar-refractivity contribution in [1.82, 2.24) is 9.80 Å². The van der Waals surface area contributed by atoms with Gasteiger partial charge in [0.15, 0.2) is 0 Å². The van der Waals surface area contributed by atoms with E-state index in [1.165, 1.54) is 0 Å². The van der Waals surface area contributed by atoms with Crippen LogP contribution < -0.4 is 0 Å². The van der Waals surface area contributed by atoms with Crippen molar-refractivity contribution in [2.75, 3.05) is 6.67 Å². The maximum Gasteiger partial charge on any atom is 0.0520 e. The quantitative estimate of drug-likeness (QED) is 0.689. The van der Waals surface area contributed by atoms with Crippen molar-refractivity contribution < 1.29 is 0 Å². The number of nitrogens with zero attached hydrogens (tertiary/aromatic N) is 2. The predicted molar refractivity (Wildman–Crippen MR) is 78.3 cm³/mol. The zero-order valence-electron chi connectivity index (χ0n) is 13.8.